The molecule has 136 valence electrons. The van der Waals surface area contributed by atoms with Crippen molar-refractivity contribution in [2.24, 2.45) is 0 Å². The van der Waals surface area contributed by atoms with Crippen molar-refractivity contribution >= 4 is 10.0 Å². The Balaban J connectivity index is 2.20. The molecule has 0 bridgehead atoms. The summed E-state index contributed by atoms with van der Waals surface area (Å²) >= 11 is 0. The van der Waals surface area contributed by atoms with E-state index in [2.05, 4.69) is 4.72 Å². The topological polar surface area (TPSA) is 75.6 Å². The quantitative estimate of drug-likeness (QED) is 0.747. The van der Waals surface area contributed by atoms with Crippen molar-refractivity contribution in [3.8, 4) is 0 Å². The summed E-state index contributed by atoms with van der Waals surface area (Å²) in [5.74, 6) is -2.34. The zero-order chi connectivity index (χ0) is 18.4. The molecule has 2 N–H and O–H groups in total. The fourth-order valence-electron chi connectivity index (χ4n) is 2.25. The van der Waals surface area contributed by atoms with E-state index in [1.54, 1.807) is 12.1 Å². The molecule has 0 aliphatic carbocycles. The summed E-state index contributed by atoms with van der Waals surface area (Å²) in [7, 11) is -4.40. The van der Waals surface area contributed by atoms with E-state index < -0.39 is 32.7 Å². The first-order chi connectivity index (χ1) is 11.8. The summed E-state index contributed by atoms with van der Waals surface area (Å²) in [6.45, 7) is 1.42. The summed E-state index contributed by atoms with van der Waals surface area (Å²) in [6.07, 6.45) is -0.711. The molecule has 0 saturated heterocycles. The van der Waals surface area contributed by atoms with E-state index in [1.165, 1.54) is 0 Å². The molecule has 0 heterocycles. The molecule has 8 heteroatoms. The van der Waals surface area contributed by atoms with Gasteiger partial charge in [0, 0.05) is 6.54 Å². The molecule has 0 aliphatic rings. The summed E-state index contributed by atoms with van der Waals surface area (Å²) in [5.41, 5.74) is 1.69. The molecule has 2 aromatic rings. The van der Waals surface area contributed by atoms with Crippen molar-refractivity contribution in [2.75, 3.05) is 19.8 Å². The number of aliphatic hydroxyl groups is 1. The molecule has 0 radical (unpaired) electrons. The number of hydrogen-bond acceptors (Lipinski definition) is 4. The molecule has 2 aromatic carbocycles. The first-order valence-electron chi connectivity index (χ1n) is 7.58. The predicted molar refractivity (Wildman–Crippen MR) is 88.5 cm³/mol. The predicted octanol–water partition coefficient (Wildman–Crippen LogP) is 2.30. The Bertz CT molecular complexity index is 790. The van der Waals surface area contributed by atoms with Gasteiger partial charge in [-0.15, -0.1) is 0 Å². The van der Waals surface area contributed by atoms with Crippen LogP contribution in [-0.2, 0) is 14.8 Å². The van der Waals surface area contributed by atoms with Crippen molar-refractivity contribution in [1.82, 2.24) is 4.72 Å². The van der Waals surface area contributed by atoms with Gasteiger partial charge in [0.05, 0.1) is 19.3 Å². The molecule has 2 rings (SSSR count). The molecule has 25 heavy (non-hydrogen) atoms. The van der Waals surface area contributed by atoms with Crippen molar-refractivity contribution < 1.29 is 27.0 Å². The smallest absolute Gasteiger partial charge is 0.246 e. The van der Waals surface area contributed by atoms with Gasteiger partial charge in [-0.2, -0.15) is 0 Å². The number of rotatable bonds is 8. The highest BCUT2D eigenvalue weighted by Gasteiger charge is 2.25. The lowest BCUT2D eigenvalue weighted by molar-refractivity contribution is 0.0309. The van der Waals surface area contributed by atoms with Crippen LogP contribution >= 0.6 is 0 Å². The van der Waals surface area contributed by atoms with Crippen LogP contribution in [0.3, 0.4) is 0 Å². The molecule has 1 atom stereocenters. The van der Waals surface area contributed by atoms with Crippen LogP contribution in [-0.4, -0.2) is 33.3 Å². The zero-order valence-electron chi connectivity index (χ0n) is 13.6. The summed E-state index contributed by atoms with van der Waals surface area (Å²) in [6, 6.07) is 10.0. The van der Waals surface area contributed by atoms with Crippen molar-refractivity contribution in [1.29, 1.82) is 0 Å². The minimum Gasteiger partial charge on any atom is -0.394 e. The van der Waals surface area contributed by atoms with E-state index in [-0.39, 0.29) is 19.8 Å². The Kier molecular flexibility index (Phi) is 6.60. The number of hydrogen-bond donors (Lipinski definition) is 2. The van der Waals surface area contributed by atoms with Gasteiger partial charge in [-0.05, 0) is 24.6 Å². The van der Waals surface area contributed by atoms with Crippen LogP contribution in [0.15, 0.2) is 47.4 Å². The molecule has 0 fully saturated rings. The maximum atomic E-state index is 13.7. The molecular weight excluding hydrogens is 352 g/mol. The van der Waals surface area contributed by atoms with Crippen molar-refractivity contribution in [3.05, 3.63) is 65.2 Å². The Morgan fingerprint density at radius 1 is 1.12 bits per heavy atom. The van der Waals surface area contributed by atoms with Gasteiger partial charge in [-0.1, -0.05) is 35.9 Å². The number of aliphatic hydroxyl groups excluding tert-OH is 1. The highest BCUT2D eigenvalue weighted by atomic mass is 32.2. The number of aryl methyl sites for hydroxylation is 1. The second-order valence-corrected chi connectivity index (χ2v) is 7.10. The van der Waals surface area contributed by atoms with Gasteiger partial charge in [0.1, 0.15) is 11.6 Å². The van der Waals surface area contributed by atoms with Gasteiger partial charge in [-0.3, -0.25) is 0 Å². The van der Waals surface area contributed by atoms with Crippen molar-refractivity contribution in [3.63, 3.8) is 0 Å². The SMILES string of the molecule is Cc1ccc(C(CNS(=O)(=O)c2c(F)cccc2F)OCCO)cc1. The molecule has 0 saturated carbocycles. The van der Waals surface area contributed by atoms with Gasteiger partial charge in [0.15, 0.2) is 4.90 Å². The Morgan fingerprint density at radius 2 is 1.72 bits per heavy atom. The second kappa shape index (κ2) is 8.48. The van der Waals surface area contributed by atoms with Gasteiger partial charge < -0.3 is 9.84 Å². The van der Waals surface area contributed by atoms with E-state index in [1.807, 2.05) is 19.1 Å². The maximum absolute atomic E-state index is 13.7. The summed E-state index contributed by atoms with van der Waals surface area (Å²) in [4.78, 5) is -1.03. The Labute approximate surface area is 145 Å². The van der Waals surface area contributed by atoms with Crippen LogP contribution in [0.2, 0.25) is 0 Å². The third-order valence-corrected chi connectivity index (χ3v) is 4.98. The number of ether oxygens (including phenoxy) is 1. The largest absolute Gasteiger partial charge is 0.394 e. The number of nitrogens with one attached hydrogen (secondary N) is 1. The highest BCUT2D eigenvalue weighted by molar-refractivity contribution is 7.89. The molecule has 5 nitrogen and oxygen atoms in total. The molecule has 0 spiro atoms. The van der Waals surface area contributed by atoms with E-state index in [9.17, 15) is 17.2 Å². The van der Waals surface area contributed by atoms with Gasteiger partial charge in [0.2, 0.25) is 10.0 Å². The summed E-state index contributed by atoms with van der Waals surface area (Å²) in [5, 5.41) is 8.92. The Morgan fingerprint density at radius 3 is 2.28 bits per heavy atom. The van der Waals surface area contributed by atoms with Crippen LogP contribution in [0.4, 0.5) is 8.78 Å². The molecule has 0 amide bonds. The van der Waals surface area contributed by atoms with Crippen LogP contribution in [0.5, 0.6) is 0 Å². The molecular formula is C17H19F2NO4S. The average molecular weight is 371 g/mol. The number of halogens is 2. The van der Waals surface area contributed by atoms with Gasteiger partial charge >= 0.3 is 0 Å². The van der Waals surface area contributed by atoms with E-state index >= 15 is 0 Å². The third-order valence-electron chi connectivity index (χ3n) is 3.51. The first-order valence-corrected chi connectivity index (χ1v) is 9.06. The van der Waals surface area contributed by atoms with E-state index in [0.717, 1.165) is 23.8 Å². The van der Waals surface area contributed by atoms with E-state index in [4.69, 9.17) is 9.84 Å². The monoisotopic (exact) mass is 371 g/mol. The lowest BCUT2D eigenvalue weighted by Gasteiger charge is -2.19. The zero-order valence-corrected chi connectivity index (χ0v) is 14.4. The van der Waals surface area contributed by atoms with Crippen LogP contribution in [0, 0.1) is 18.6 Å². The molecule has 0 aromatic heterocycles. The maximum Gasteiger partial charge on any atom is 0.246 e. The van der Waals surface area contributed by atoms with Crippen LogP contribution < -0.4 is 4.72 Å². The molecule has 0 aliphatic heterocycles. The minimum absolute atomic E-state index is 0.00563. The Hall–Kier alpha value is -1.87. The normalized spacial score (nSPS) is 13.0. The van der Waals surface area contributed by atoms with E-state index in [0.29, 0.717) is 5.56 Å². The first kappa shape index (κ1) is 19.5. The summed E-state index contributed by atoms with van der Waals surface area (Å²) < 4.78 is 59.5. The lowest BCUT2D eigenvalue weighted by Crippen LogP contribution is -2.31. The fourth-order valence-corrected chi connectivity index (χ4v) is 3.41. The van der Waals surface area contributed by atoms with Crippen molar-refractivity contribution in [2.45, 2.75) is 17.9 Å². The third kappa shape index (κ3) is 5.05. The number of benzene rings is 2. The molecule has 1 unspecified atom stereocenters. The van der Waals surface area contributed by atoms with Gasteiger partial charge in [0.25, 0.3) is 0 Å². The average Bonchev–Trinajstić information content (AvgIpc) is 2.55. The highest BCUT2D eigenvalue weighted by Crippen LogP contribution is 2.21. The van der Waals surface area contributed by atoms with Crippen LogP contribution in [0.25, 0.3) is 0 Å². The standard InChI is InChI=1S/C17H19F2NO4S/c1-12-5-7-13(8-6-12)16(24-10-9-21)11-20-25(22,23)17-14(18)3-2-4-15(17)19/h2-8,16,20-21H,9-11H2,1H3. The second-order valence-electron chi connectivity index (χ2n) is 5.40. The number of sulfonamides is 1. The van der Waals surface area contributed by atoms with Gasteiger partial charge in [-0.25, -0.2) is 21.9 Å². The minimum atomic E-state index is -4.40. The van der Waals surface area contributed by atoms with Crippen LogP contribution in [0.1, 0.15) is 17.2 Å². The lowest BCUT2D eigenvalue weighted by atomic mass is 10.1. The fraction of sp³-hybridized carbons (Fsp3) is 0.294.